The van der Waals surface area contributed by atoms with E-state index in [1.54, 1.807) is 4.90 Å². The van der Waals surface area contributed by atoms with Crippen molar-refractivity contribution in [2.75, 3.05) is 50.7 Å². The number of likely N-dealkylation sites (tertiary alicyclic amines) is 2. The molecule has 1 atom stereocenters. The van der Waals surface area contributed by atoms with Crippen molar-refractivity contribution in [3.63, 3.8) is 0 Å². The van der Waals surface area contributed by atoms with E-state index < -0.39 is 11.6 Å². The van der Waals surface area contributed by atoms with Crippen molar-refractivity contribution in [1.29, 1.82) is 0 Å². The number of imide groups is 1. The van der Waals surface area contributed by atoms with Gasteiger partial charge in [-0.1, -0.05) is 6.92 Å². The van der Waals surface area contributed by atoms with E-state index in [0.717, 1.165) is 82.7 Å². The van der Waals surface area contributed by atoms with Crippen LogP contribution >= 0.6 is 0 Å². The second-order valence-corrected chi connectivity index (χ2v) is 14.7. The summed E-state index contributed by atoms with van der Waals surface area (Å²) in [6, 6.07) is 5.49. The minimum absolute atomic E-state index is 0.123. The Labute approximate surface area is 248 Å². The van der Waals surface area contributed by atoms with E-state index in [1.165, 1.54) is 0 Å². The predicted octanol–water partition coefficient (Wildman–Crippen LogP) is 3.39. The van der Waals surface area contributed by atoms with Gasteiger partial charge in [-0.3, -0.25) is 19.7 Å². The summed E-state index contributed by atoms with van der Waals surface area (Å²) in [4.78, 5) is 58.0. The van der Waals surface area contributed by atoms with Crippen molar-refractivity contribution in [2.24, 2.45) is 10.8 Å². The first-order valence-corrected chi connectivity index (χ1v) is 15.6. The number of carbonyl (C=O) groups is 4. The van der Waals surface area contributed by atoms with Crippen molar-refractivity contribution >= 4 is 29.5 Å². The van der Waals surface area contributed by atoms with Gasteiger partial charge < -0.3 is 24.3 Å². The Kier molecular flexibility index (Phi) is 7.27. The van der Waals surface area contributed by atoms with Crippen LogP contribution in [-0.4, -0.2) is 96.0 Å². The van der Waals surface area contributed by atoms with Crippen molar-refractivity contribution < 1.29 is 23.9 Å². The molecule has 1 aromatic carbocycles. The highest BCUT2D eigenvalue weighted by molar-refractivity contribution is 6.05. The molecule has 5 aliphatic rings. The molecule has 4 amide bonds. The molecule has 0 aliphatic carbocycles. The van der Waals surface area contributed by atoms with Crippen LogP contribution in [0.2, 0.25) is 0 Å². The fourth-order valence-electron chi connectivity index (χ4n) is 7.58. The number of nitrogens with one attached hydrogen (secondary N) is 1. The van der Waals surface area contributed by atoms with Gasteiger partial charge in [-0.2, -0.15) is 0 Å². The maximum Gasteiger partial charge on any atom is 0.410 e. The van der Waals surface area contributed by atoms with Crippen LogP contribution in [0.15, 0.2) is 18.2 Å². The Hall–Kier alpha value is -3.14. The molecule has 6 rings (SSSR count). The number of hydrogen-bond acceptors (Lipinski definition) is 7. The molecular weight excluding hydrogens is 534 g/mol. The summed E-state index contributed by atoms with van der Waals surface area (Å²) in [5.74, 6) is -0.763. The van der Waals surface area contributed by atoms with Gasteiger partial charge in [0.15, 0.2) is 0 Å². The van der Waals surface area contributed by atoms with E-state index >= 15 is 0 Å². The molecule has 5 heterocycles. The summed E-state index contributed by atoms with van der Waals surface area (Å²) in [7, 11) is 0. The highest BCUT2D eigenvalue weighted by Crippen LogP contribution is 2.44. The SMILES string of the molecule is CC1(CN2CC3(CCN(c4ccc5c(c4)CN([C@H]4CCC(=O)NC4=O)C5=O)CC3)C2)CCN(C(=O)OC(C)(C)C)CC1. The third kappa shape index (κ3) is 5.74. The molecule has 5 aliphatic heterocycles. The topological polar surface area (TPSA) is 103 Å². The van der Waals surface area contributed by atoms with Crippen LogP contribution in [0.3, 0.4) is 0 Å². The highest BCUT2D eigenvalue weighted by Gasteiger charge is 2.47. The zero-order valence-electron chi connectivity index (χ0n) is 25.5. The van der Waals surface area contributed by atoms with Gasteiger partial charge in [-0.25, -0.2) is 4.79 Å². The van der Waals surface area contributed by atoms with Gasteiger partial charge in [0.05, 0.1) is 0 Å². The number of anilines is 1. The predicted molar refractivity (Wildman–Crippen MR) is 158 cm³/mol. The fourth-order valence-corrected chi connectivity index (χ4v) is 7.58. The van der Waals surface area contributed by atoms with Gasteiger partial charge in [-0.05, 0) is 87.5 Å². The molecule has 1 N–H and O–H groups in total. The molecule has 10 heteroatoms. The standard InChI is InChI=1S/C32H45N5O5/c1-30(2,3)42-29(41)36-13-9-31(4,10-14-36)19-34-20-32(21-34)11-15-35(16-12-32)23-5-6-24-22(17-23)18-37(28(24)40)25-7-8-26(38)33-27(25)39/h5-6,17,25H,7-16,18-21H2,1-4H3,(H,33,38,39)/t25-/m0/s1. The van der Waals surface area contributed by atoms with Crippen LogP contribution in [0.4, 0.5) is 10.5 Å². The minimum Gasteiger partial charge on any atom is -0.444 e. The summed E-state index contributed by atoms with van der Waals surface area (Å²) in [6.07, 6.45) is 4.78. The molecule has 1 aromatic rings. The highest BCUT2D eigenvalue weighted by atomic mass is 16.6. The zero-order chi connectivity index (χ0) is 29.9. The van der Waals surface area contributed by atoms with Gasteiger partial charge in [0.1, 0.15) is 11.6 Å². The maximum absolute atomic E-state index is 13.1. The van der Waals surface area contributed by atoms with E-state index in [4.69, 9.17) is 4.74 Å². The van der Waals surface area contributed by atoms with Gasteiger partial charge in [0, 0.05) is 70.0 Å². The van der Waals surface area contributed by atoms with E-state index in [0.29, 0.717) is 23.9 Å². The number of fused-ring (bicyclic) bond motifs is 1. The van der Waals surface area contributed by atoms with Crippen LogP contribution in [0, 0.1) is 10.8 Å². The smallest absolute Gasteiger partial charge is 0.410 e. The first-order chi connectivity index (χ1) is 19.8. The Morgan fingerprint density at radius 1 is 1.02 bits per heavy atom. The number of ether oxygens (including phenoxy) is 1. The number of hydrogen-bond donors (Lipinski definition) is 1. The molecule has 1 spiro atoms. The second kappa shape index (κ2) is 10.5. The largest absolute Gasteiger partial charge is 0.444 e. The molecule has 10 nitrogen and oxygen atoms in total. The number of carbonyl (C=O) groups excluding carboxylic acids is 4. The molecule has 0 saturated carbocycles. The summed E-state index contributed by atoms with van der Waals surface area (Å²) < 4.78 is 5.57. The number of nitrogens with zero attached hydrogens (tertiary/aromatic N) is 4. The molecule has 0 unspecified atom stereocenters. The van der Waals surface area contributed by atoms with Crippen molar-refractivity contribution in [3.8, 4) is 0 Å². The van der Waals surface area contributed by atoms with Gasteiger partial charge in [0.2, 0.25) is 11.8 Å². The molecule has 0 bridgehead atoms. The Balaban J connectivity index is 0.978. The number of amides is 4. The van der Waals surface area contributed by atoms with E-state index in [-0.39, 0.29) is 35.7 Å². The van der Waals surface area contributed by atoms with Gasteiger partial charge in [0.25, 0.3) is 5.91 Å². The maximum atomic E-state index is 13.1. The normalized spacial score (nSPS) is 25.8. The number of piperidine rings is 3. The van der Waals surface area contributed by atoms with Crippen LogP contribution < -0.4 is 10.2 Å². The van der Waals surface area contributed by atoms with E-state index in [2.05, 4.69) is 28.1 Å². The molecule has 228 valence electrons. The lowest BCUT2D eigenvalue weighted by molar-refractivity contribution is -0.136. The lowest BCUT2D eigenvalue weighted by atomic mass is 9.70. The Morgan fingerprint density at radius 2 is 1.71 bits per heavy atom. The third-order valence-corrected chi connectivity index (χ3v) is 10.0. The Morgan fingerprint density at radius 3 is 2.36 bits per heavy atom. The van der Waals surface area contributed by atoms with E-state index in [1.807, 2.05) is 37.8 Å². The minimum atomic E-state index is -0.581. The number of rotatable bonds is 4. The molecular formula is C32H45N5O5. The van der Waals surface area contributed by atoms with E-state index in [9.17, 15) is 19.2 Å². The van der Waals surface area contributed by atoms with Crippen molar-refractivity contribution in [2.45, 2.75) is 84.4 Å². The lowest BCUT2D eigenvalue weighted by Gasteiger charge is -2.56. The average Bonchev–Trinajstić information content (AvgIpc) is 3.23. The van der Waals surface area contributed by atoms with Crippen LogP contribution in [0.25, 0.3) is 0 Å². The van der Waals surface area contributed by atoms with Gasteiger partial charge in [-0.15, -0.1) is 0 Å². The fraction of sp³-hybridized carbons (Fsp3) is 0.688. The average molecular weight is 580 g/mol. The van der Waals surface area contributed by atoms with Crippen molar-refractivity contribution in [1.82, 2.24) is 20.0 Å². The van der Waals surface area contributed by atoms with Crippen molar-refractivity contribution in [3.05, 3.63) is 29.3 Å². The first-order valence-electron chi connectivity index (χ1n) is 15.6. The molecule has 42 heavy (non-hydrogen) atoms. The zero-order valence-corrected chi connectivity index (χ0v) is 25.5. The molecule has 0 aromatic heterocycles. The summed E-state index contributed by atoms with van der Waals surface area (Å²) in [5.41, 5.74) is 2.92. The van der Waals surface area contributed by atoms with Gasteiger partial charge >= 0.3 is 6.09 Å². The lowest BCUT2D eigenvalue weighted by Crippen LogP contribution is -2.62. The molecule has 4 saturated heterocycles. The third-order valence-electron chi connectivity index (χ3n) is 10.0. The quantitative estimate of drug-likeness (QED) is 0.546. The van der Waals surface area contributed by atoms with Crippen LogP contribution in [0.5, 0.6) is 0 Å². The molecule has 0 radical (unpaired) electrons. The summed E-state index contributed by atoms with van der Waals surface area (Å²) in [5, 5.41) is 2.37. The summed E-state index contributed by atoms with van der Waals surface area (Å²) in [6.45, 7) is 15.4. The van der Waals surface area contributed by atoms with Crippen LogP contribution in [-0.2, 0) is 20.9 Å². The summed E-state index contributed by atoms with van der Waals surface area (Å²) >= 11 is 0. The monoisotopic (exact) mass is 579 g/mol. The number of benzene rings is 1. The molecule has 4 fully saturated rings. The second-order valence-electron chi connectivity index (χ2n) is 14.7. The van der Waals surface area contributed by atoms with Crippen LogP contribution in [0.1, 0.15) is 82.1 Å². The first kappa shape index (κ1) is 29.0. The Bertz CT molecular complexity index is 1260.